The zero-order valence-corrected chi connectivity index (χ0v) is 21.2. The van der Waals surface area contributed by atoms with E-state index < -0.39 is 5.97 Å². The molecule has 30 heavy (non-hydrogen) atoms. The number of rotatable bonds is 23. The Labute approximate surface area is 201 Å². The van der Waals surface area contributed by atoms with Gasteiger partial charge in [0.05, 0.1) is 5.97 Å². The number of carbonyl (C=O) groups is 1. The van der Waals surface area contributed by atoms with Crippen LogP contribution >= 0.6 is 0 Å². The first-order valence-electron chi connectivity index (χ1n) is 13.1. The molecule has 0 N–H and O–H groups in total. The number of carboxylic acids is 1. The fourth-order valence-corrected chi connectivity index (χ4v) is 4.17. The fourth-order valence-electron chi connectivity index (χ4n) is 4.17. The SMILES string of the molecule is CCCCCCCCCCN(CCCCCCCCCC)C(CCCC)C(=O)[O-].[Li+]. The van der Waals surface area contributed by atoms with Crippen molar-refractivity contribution >= 4 is 5.97 Å². The molecule has 0 radical (unpaired) electrons. The van der Waals surface area contributed by atoms with E-state index in [1.807, 2.05) is 0 Å². The Bertz CT molecular complexity index is 332. The topological polar surface area (TPSA) is 43.4 Å². The van der Waals surface area contributed by atoms with Crippen LogP contribution < -0.4 is 24.0 Å². The minimum atomic E-state index is -0.863. The molecule has 0 fully saturated rings. The van der Waals surface area contributed by atoms with E-state index in [2.05, 4.69) is 25.7 Å². The maximum absolute atomic E-state index is 11.8. The van der Waals surface area contributed by atoms with E-state index >= 15 is 0 Å². The molecule has 0 heterocycles. The third kappa shape index (κ3) is 20.0. The van der Waals surface area contributed by atoms with Gasteiger partial charge in [-0.3, -0.25) is 4.90 Å². The Morgan fingerprint density at radius 1 is 0.600 bits per heavy atom. The van der Waals surface area contributed by atoms with Crippen molar-refractivity contribution in [2.75, 3.05) is 13.1 Å². The molecule has 4 heteroatoms. The molecule has 0 amide bonds. The molecule has 0 aliphatic carbocycles. The van der Waals surface area contributed by atoms with Gasteiger partial charge in [-0.15, -0.1) is 0 Å². The summed E-state index contributed by atoms with van der Waals surface area (Å²) in [5.41, 5.74) is 0. The van der Waals surface area contributed by atoms with Gasteiger partial charge in [-0.25, -0.2) is 0 Å². The molecule has 0 aliphatic heterocycles. The minimum absolute atomic E-state index is 0. The molecule has 0 aromatic rings. The Kier molecular flexibility index (Phi) is 27.2. The van der Waals surface area contributed by atoms with E-state index in [-0.39, 0.29) is 24.9 Å². The summed E-state index contributed by atoms with van der Waals surface area (Å²) in [5.74, 6) is -0.863. The van der Waals surface area contributed by atoms with E-state index in [0.717, 1.165) is 45.2 Å². The molecule has 3 nitrogen and oxygen atoms in total. The Balaban J connectivity index is 0. The van der Waals surface area contributed by atoms with Crippen LogP contribution in [0, 0.1) is 0 Å². The monoisotopic (exact) mass is 417 g/mol. The average Bonchev–Trinajstić information content (AvgIpc) is 2.71. The molecule has 0 aliphatic rings. The van der Waals surface area contributed by atoms with E-state index in [4.69, 9.17) is 0 Å². The molecule has 174 valence electrons. The Morgan fingerprint density at radius 2 is 0.933 bits per heavy atom. The molecule has 0 saturated carbocycles. The van der Waals surface area contributed by atoms with Gasteiger partial charge >= 0.3 is 18.9 Å². The second kappa shape index (κ2) is 25.3. The maximum atomic E-state index is 11.8. The summed E-state index contributed by atoms with van der Waals surface area (Å²) in [6.07, 6.45) is 23.5. The van der Waals surface area contributed by atoms with Gasteiger partial charge in [0.2, 0.25) is 0 Å². The van der Waals surface area contributed by atoms with Crippen LogP contribution in [0.3, 0.4) is 0 Å². The van der Waals surface area contributed by atoms with Gasteiger partial charge in [0.25, 0.3) is 0 Å². The first-order valence-corrected chi connectivity index (χ1v) is 13.1. The minimum Gasteiger partial charge on any atom is -0.548 e. The molecular formula is C26H52LiNO2. The standard InChI is InChI=1S/C26H53NO2.Li/c1-4-7-10-12-14-16-18-20-23-27(25(26(28)29)22-9-6-3)24-21-19-17-15-13-11-8-5-2;/h25H,4-24H2,1-3H3,(H,28,29);/q;+1/p-1. The largest absolute Gasteiger partial charge is 1.00 e. The van der Waals surface area contributed by atoms with Crippen LogP contribution in [-0.2, 0) is 4.79 Å². The second-order valence-electron chi connectivity index (χ2n) is 8.96. The molecule has 1 atom stereocenters. The van der Waals surface area contributed by atoms with Crippen molar-refractivity contribution in [2.45, 2.75) is 149 Å². The molecule has 1 unspecified atom stereocenters. The van der Waals surface area contributed by atoms with Gasteiger partial charge in [-0.2, -0.15) is 0 Å². The molecule has 0 rings (SSSR count). The van der Waals surface area contributed by atoms with Gasteiger partial charge in [0, 0.05) is 6.04 Å². The third-order valence-corrected chi connectivity index (χ3v) is 6.14. The number of hydrogen-bond donors (Lipinski definition) is 0. The number of unbranched alkanes of at least 4 members (excludes halogenated alkanes) is 15. The molecule has 0 spiro atoms. The van der Waals surface area contributed by atoms with Gasteiger partial charge < -0.3 is 9.90 Å². The zero-order chi connectivity index (χ0) is 21.6. The van der Waals surface area contributed by atoms with Gasteiger partial charge in [0.1, 0.15) is 0 Å². The number of hydrogen-bond acceptors (Lipinski definition) is 3. The summed E-state index contributed by atoms with van der Waals surface area (Å²) in [6.45, 7) is 8.50. The normalized spacial score (nSPS) is 12.1. The van der Waals surface area contributed by atoms with Gasteiger partial charge in [0.15, 0.2) is 0 Å². The summed E-state index contributed by atoms with van der Waals surface area (Å²) in [7, 11) is 0. The van der Waals surface area contributed by atoms with E-state index in [1.54, 1.807) is 0 Å². The smallest absolute Gasteiger partial charge is 0.548 e. The van der Waals surface area contributed by atoms with Crippen molar-refractivity contribution in [3.63, 3.8) is 0 Å². The fraction of sp³-hybridized carbons (Fsp3) is 0.962. The first-order chi connectivity index (χ1) is 14.2. The predicted octanol–water partition coefficient (Wildman–Crippen LogP) is 3.88. The van der Waals surface area contributed by atoms with Gasteiger partial charge in [-0.05, 0) is 32.4 Å². The van der Waals surface area contributed by atoms with E-state index in [1.165, 1.54) is 89.9 Å². The van der Waals surface area contributed by atoms with Crippen molar-refractivity contribution in [1.29, 1.82) is 0 Å². The van der Waals surface area contributed by atoms with Crippen molar-refractivity contribution in [2.24, 2.45) is 0 Å². The van der Waals surface area contributed by atoms with E-state index in [9.17, 15) is 9.90 Å². The summed E-state index contributed by atoms with van der Waals surface area (Å²) < 4.78 is 0. The maximum Gasteiger partial charge on any atom is 1.00 e. The summed E-state index contributed by atoms with van der Waals surface area (Å²) in [6, 6.07) is -0.385. The summed E-state index contributed by atoms with van der Waals surface area (Å²) >= 11 is 0. The Hall–Kier alpha value is 0.0274. The van der Waals surface area contributed by atoms with Crippen LogP contribution in [0.5, 0.6) is 0 Å². The first kappa shape index (κ1) is 32.2. The number of carbonyl (C=O) groups excluding carboxylic acids is 1. The Morgan fingerprint density at radius 3 is 1.27 bits per heavy atom. The van der Waals surface area contributed by atoms with Crippen molar-refractivity contribution in [1.82, 2.24) is 4.90 Å². The third-order valence-electron chi connectivity index (χ3n) is 6.14. The number of aliphatic carboxylic acids is 1. The van der Waals surface area contributed by atoms with Crippen LogP contribution in [-0.4, -0.2) is 30.0 Å². The molecule has 0 aromatic heterocycles. The predicted molar refractivity (Wildman–Crippen MR) is 125 cm³/mol. The molecule has 0 aromatic carbocycles. The molecule has 0 bridgehead atoms. The average molecular weight is 418 g/mol. The van der Waals surface area contributed by atoms with Crippen molar-refractivity contribution in [3.8, 4) is 0 Å². The van der Waals surface area contributed by atoms with Crippen LogP contribution in [0.25, 0.3) is 0 Å². The zero-order valence-electron chi connectivity index (χ0n) is 21.2. The summed E-state index contributed by atoms with van der Waals surface area (Å²) in [5, 5.41) is 11.8. The second-order valence-corrected chi connectivity index (χ2v) is 8.96. The van der Waals surface area contributed by atoms with E-state index in [0.29, 0.717) is 0 Å². The molecule has 0 saturated heterocycles. The van der Waals surface area contributed by atoms with Crippen LogP contribution in [0.4, 0.5) is 0 Å². The van der Waals surface area contributed by atoms with Crippen LogP contribution in [0.15, 0.2) is 0 Å². The van der Waals surface area contributed by atoms with Crippen LogP contribution in [0.1, 0.15) is 143 Å². The summed E-state index contributed by atoms with van der Waals surface area (Å²) in [4.78, 5) is 14.0. The van der Waals surface area contributed by atoms with Gasteiger partial charge in [-0.1, -0.05) is 124 Å². The quantitative estimate of drug-likeness (QED) is 0.187. The van der Waals surface area contributed by atoms with Crippen molar-refractivity contribution in [3.05, 3.63) is 0 Å². The number of carboxylic acid groups (broad SMARTS) is 1. The van der Waals surface area contributed by atoms with Crippen LogP contribution in [0.2, 0.25) is 0 Å². The molecular weight excluding hydrogens is 365 g/mol. The number of nitrogens with zero attached hydrogens (tertiary/aromatic N) is 1. The van der Waals surface area contributed by atoms with Crippen molar-refractivity contribution < 1.29 is 28.8 Å².